The summed E-state index contributed by atoms with van der Waals surface area (Å²) in [6, 6.07) is 8.94. The standard InChI is InChI=1S/C17H30N2O/c1-6-18-16(15-10-8-7-9-14(15)2)11-12-19(5)13-17(3,4)20/h7-10,16,18,20H,6,11-13H2,1-5H3. The molecule has 1 unspecified atom stereocenters. The van der Waals surface area contributed by atoms with Crippen LogP contribution in [0.1, 0.15) is 44.4 Å². The average molecular weight is 278 g/mol. The van der Waals surface area contributed by atoms with Crippen LogP contribution in [-0.2, 0) is 0 Å². The Labute approximate surface area is 124 Å². The molecule has 1 atom stereocenters. The van der Waals surface area contributed by atoms with Crippen LogP contribution in [0.5, 0.6) is 0 Å². The summed E-state index contributed by atoms with van der Waals surface area (Å²) in [7, 11) is 2.07. The van der Waals surface area contributed by atoms with Crippen molar-refractivity contribution in [2.45, 2.75) is 45.8 Å². The van der Waals surface area contributed by atoms with Gasteiger partial charge in [-0.05, 0) is 58.5 Å². The van der Waals surface area contributed by atoms with Gasteiger partial charge in [-0.25, -0.2) is 0 Å². The highest BCUT2D eigenvalue weighted by atomic mass is 16.3. The first-order chi connectivity index (χ1) is 9.33. The molecule has 3 heteroatoms. The minimum absolute atomic E-state index is 0.380. The van der Waals surface area contributed by atoms with E-state index in [9.17, 15) is 5.11 Å². The second-order valence-electron chi connectivity index (χ2n) is 6.31. The quantitative estimate of drug-likeness (QED) is 0.767. The van der Waals surface area contributed by atoms with E-state index in [-0.39, 0.29) is 0 Å². The van der Waals surface area contributed by atoms with Gasteiger partial charge in [0.2, 0.25) is 0 Å². The normalized spacial score (nSPS) is 13.8. The van der Waals surface area contributed by atoms with Gasteiger partial charge in [0.05, 0.1) is 5.60 Å². The predicted molar refractivity (Wildman–Crippen MR) is 86.0 cm³/mol. The van der Waals surface area contributed by atoms with Crippen molar-refractivity contribution in [2.24, 2.45) is 0 Å². The Kier molecular flexibility index (Phi) is 6.66. The summed E-state index contributed by atoms with van der Waals surface area (Å²) in [5.74, 6) is 0. The molecule has 0 bridgehead atoms. The Hall–Kier alpha value is -0.900. The number of hydrogen-bond acceptors (Lipinski definition) is 3. The average Bonchev–Trinajstić information content (AvgIpc) is 2.33. The molecule has 0 aliphatic carbocycles. The van der Waals surface area contributed by atoms with Crippen molar-refractivity contribution < 1.29 is 5.11 Å². The fourth-order valence-electron chi connectivity index (χ4n) is 2.68. The van der Waals surface area contributed by atoms with Crippen molar-refractivity contribution in [3.8, 4) is 0 Å². The van der Waals surface area contributed by atoms with Gasteiger partial charge in [-0.2, -0.15) is 0 Å². The third-order valence-electron chi connectivity index (χ3n) is 3.47. The Balaban J connectivity index is 2.62. The molecule has 0 saturated carbocycles. The summed E-state index contributed by atoms with van der Waals surface area (Å²) in [4.78, 5) is 2.20. The number of benzene rings is 1. The molecule has 114 valence electrons. The first-order valence-corrected chi connectivity index (χ1v) is 7.53. The second kappa shape index (κ2) is 7.77. The molecule has 0 amide bonds. The van der Waals surface area contributed by atoms with Crippen LogP contribution < -0.4 is 5.32 Å². The van der Waals surface area contributed by atoms with E-state index in [2.05, 4.69) is 55.4 Å². The summed E-state index contributed by atoms with van der Waals surface area (Å²) in [6.07, 6.45) is 1.05. The van der Waals surface area contributed by atoms with E-state index in [0.29, 0.717) is 12.6 Å². The molecular weight excluding hydrogens is 248 g/mol. The lowest BCUT2D eigenvalue weighted by Gasteiger charge is -2.28. The van der Waals surface area contributed by atoms with Crippen molar-refractivity contribution in [3.63, 3.8) is 0 Å². The zero-order chi connectivity index (χ0) is 15.2. The number of nitrogens with zero attached hydrogens (tertiary/aromatic N) is 1. The van der Waals surface area contributed by atoms with Crippen molar-refractivity contribution in [3.05, 3.63) is 35.4 Å². The molecule has 0 spiro atoms. The van der Waals surface area contributed by atoms with Crippen LogP contribution in [-0.4, -0.2) is 42.3 Å². The molecular formula is C17H30N2O. The fourth-order valence-corrected chi connectivity index (χ4v) is 2.68. The van der Waals surface area contributed by atoms with Crippen LogP contribution in [0.3, 0.4) is 0 Å². The SMILES string of the molecule is CCNC(CCN(C)CC(C)(C)O)c1ccccc1C. The van der Waals surface area contributed by atoms with Gasteiger partial charge in [-0.1, -0.05) is 31.2 Å². The highest BCUT2D eigenvalue weighted by molar-refractivity contribution is 5.28. The molecule has 0 radical (unpaired) electrons. The maximum atomic E-state index is 9.86. The zero-order valence-corrected chi connectivity index (χ0v) is 13.6. The molecule has 0 aliphatic rings. The number of rotatable bonds is 8. The zero-order valence-electron chi connectivity index (χ0n) is 13.6. The highest BCUT2D eigenvalue weighted by Crippen LogP contribution is 2.21. The second-order valence-corrected chi connectivity index (χ2v) is 6.31. The summed E-state index contributed by atoms with van der Waals surface area (Å²) >= 11 is 0. The number of aryl methyl sites for hydroxylation is 1. The summed E-state index contributed by atoms with van der Waals surface area (Å²) in [5, 5.41) is 13.4. The third kappa shape index (κ3) is 6.04. The van der Waals surface area contributed by atoms with Gasteiger partial charge < -0.3 is 15.3 Å². The highest BCUT2D eigenvalue weighted by Gasteiger charge is 2.17. The summed E-state index contributed by atoms with van der Waals surface area (Å²) < 4.78 is 0. The molecule has 1 aromatic carbocycles. The van der Waals surface area contributed by atoms with Gasteiger partial charge in [0.1, 0.15) is 0 Å². The van der Waals surface area contributed by atoms with Crippen molar-refractivity contribution in [2.75, 3.05) is 26.7 Å². The van der Waals surface area contributed by atoms with E-state index in [1.54, 1.807) is 0 Å². The van der Waals surface area contributed by atoms with Crippen LogP contribution in [0.2, 0.25) is 0 Å². The lowest BCUT2D eigenvalue weighted by Crippen LogP contribution is -2.37. The molecule has 20 heavy (non-hydrogen) atoms. The number of aliphatic hydroxyl groups is 1. The van der Waals surface area contributed by atoms with E-state index < -0.39 is 5.60 Å². The monoisotopic (exact) mass is 278 g/mol. The molecule has 0 aromatic heterocycles. The minimum Gasteiger partial charge on any atom is -0.389 e. The molecule has 0 fully saturated rings. The molecule has 3 nitrogen and oxygen atoms in total. The van der Waals surface area contributed by atoms with Crippen molar-refractivity contribution >= 4 is 0 Å². The van der Waals surface area contributed by atoms with Crippen molar-refractivity contribution in [1.82, 2.24) is 10.2 Å². The Bertz CT molecular complexity index is 398. The van der Waals surface area contributed by atoms with Gasteiger partial charge in [-0.3, -0.25) is 0 Å². The van der Waals surface area contributed by atoms with Gasteiger partial charge in [0.15, 0.2) is 0 Å². The first-order valence-electron chi connectivity index (χ1n) is 7.53. The molecule has 0 saturated heterocycles. The number of hydrogen-bond donors (Lipinski definition) is 2. The van der Waals surface area contributed by atoms with E-state index >= 15 is 0 Å². The van der Waals surface area contributed by atoms with Gasteiger partial charge in [0, 0.05) is 12.6 Å². The topological polar surface area (TPSA) is 35.5 Å². The van der Waals surface area contributed by atoms with Gasteiger partial charge in [-0.15, -0.1) is 0 Å². The van der Waals surface area contributed by atoms with Crippen LogP contribution in [0.15, 0.2) is 24.3 Å². The lowest BCUT2D eigenvalue weighted by molar-refractivity contribution is 0.0435. The number of likely N-dealkylation sites (N-methyl/N-ethyl adjacent to an activating group) is 1. The van der Waals surface area contributed by atoms with Gasteiger partial charge in [0.25, 0.3) is 0 Å². The minimum atomic E-state index is -0.634. The lowest BCUT2D eigenvalue weighted by atomic mass is 9.98. The van der Waals surface area contributed by atoms with Crippen LogP contribution in [0.4, 0.5) is 0 Å². The Morgan fingerprint density at radius 3 is 2.50 bits per heavy atom. The fraction of sp³-hybridized carbons (Fsp3) is 0.647. The maximum absolute atomic E-state index is 9.86. The van der Waals surface area contributed by atoms with E-state index in [4.69, 9.17) is 0 Å². The third-order valence-corrected chi connectivity index (χ3v) is 3.47. The molecule has 0 aliphatic heterocycles. The smallest absolute Gasteiger partial charge is 0.0718 e. The number of nitrogens with one attached hydrogen (secondary N) is 1. The Morgan fingerprint density at radius 1 is 1.30 bits per heavy atom. The first kappa shape index (κ1) is 17.2. The summed E-state index contributed by atoms with van der Waals surface area (Å²) in [5.41, 5.74) is 2.08. The molecule has 0 heterocycles. The van der Waals surface area contributed by atoms with E-state index in [1.807, 2.05) is 13.8 Å². The summed E-state index contributed by atoms with van der Waals surface area (Å²) in [6.45, 7) is 10.6. The van der Waals surface area contributed by atoms with E-state index in [1.165, 1.54) is 11.1 Å². The molecule has 2 N–H and O–H groups in total. The van der Waals surface area contributed by atoms with Crippen LogP contribution in [0, 0.1) is 6.92 Å². The Morgan fingerprint density at radius 2 is 1.95 bits per heavy atom. The van der Waals surface area contributed by atoms with E-state index in [0.717, 1.165) is 19.5 Å². The maximum Gasteiger partial charge on any atom is 0.0718 e. The largest absolute Gasteiger partial charge is 0.389 e. The molecule has 1 aromatic rings. The van der Waals surface area contributed by atoms with Crippen LogP contribution in [0.25, 0.3) is 0 Å². The molecule has 1 rings (SSSR count). The van der Waals surface area contributed by atoms with Gasteiger partial charge >= 0.3 is 0 Å². The van der Waals surface area contributed by atoms with Crippen LogP contribution >= 0.6 is 0 Å². The van der Waals surface area contributed by atoms with Crippen molar-refractivity contribution in [1.29, 1.82) is 0 Å². The predicted octanol–water partition coefficient (Wildman–Crippen LogP) is 2.74.